The van der Waals surface area contributed by atoms with Gasteiger partial charge in [0.2, 0.25) is 15.9 Å². The quantitative estimate of drug-likeness (QED) is 0.737. The van der Waals surface area contributed by atoms with Crippen LogP contribution in [0.5, 0.6) is 5.75 Å². The minimum absolute atomic E-state index is 0.113. The molecule has 1 aliphatic rings. The van der Waals surface area contributed by atoms with Crippen LogP contribution in [0.1, 0.15) is 26.2 Å². The molecule has 1 aromatic carbocycles. The second-order valence-corrected chi connectivity index (χ2v) is 8.75. The van der Waals surface area contributed by atoms with E-state index in [1.54, 1.807) is 29.2 Å². The fraction of sp³-hybridized carbons (Fsp3) is 0.556. The van der Waals surface area contributed by atoms with Crippen LogP contribution in [0.15, 0.2) is 24.3 Å². The van der Waals surface area contributed by atoms with Gasteiger partial charge in [-0.25, -0.2) is 8.42 Å². The van der Waals surface area contributed by atoms with Gasteiger partial charge in [-0.05, 0) is 43.5 Å². The number of hydrogen-bond acceptors (Lipinski definition) is 5. The highest BCUT2D eigenvalue weighted by Crippen LogP contribution is 2.23. The first kappa shape index (κ1) is 21.0. The largest absolute Gasteiger partial charge is 0.481 e. The summed E-state index contributed by atoms with van der Waals surface area (Å²) in [5.41, 5.74) is 5.84. The third kappa shape index (κ3) is 5.35. The van der Waals surface area contributed by atoms with Crippen molar-refractivity contribution in [1.29, 1.82) is 0 Å². The van der Waals surface area contributed by atoms with Gasteiger partial charge in [0.25, 0.3) is 5.91 Å². The number of benzene rings is 1. The smallest absolute Gasteiger partial charge is 0.263 e. The molecule has 2 N–H and O–H groups in total. The molecule has 1 heterocycles. The standard InChI is InChI=1S/C18H27N3O5S/c1-4-16(18(23)21-11-9-13(10-12-21)17(19)22)26-15-7-5-14(6-8-15)20(2)27(3,24)25/h5-8,13,16H,4,9-12H2,1-3H3,(H2,19,22). The van der Waals surface area contributed by atoms with Crippen molar-refractivity contribution in [3.63, 3.8) is 0 Å². The summed E-state index contributed by atoms with van der Waals surface area (Å²) in [6.07, 6.45) is 2.15. The van der Waals surface area contributed by atoms with Crippen molar-refractivity contribution in [2.24, 2.45) is 11.7 Å². The molecule has 2 amide bonds. The third-order valence-electron chi connectivity index (χ3n) is 4.83. The van der Waals surface area contributed by atoms with E-state index in [1.807, 2.05) is 6.92 Å². The van der Waals surface area contributed by atoms with Crippen LogP contribution in [-0.2, 0) is 19.6 Å². The van der Waals surface area contributed by atoms with Crippen LogP contribution in [0.25, 0.3) is 0 Å². The van der Waals surface area contributed by atoms with E-state index in [9.17, 15) is 18.0 Å². The van der Waals surface area contributed by atoms with Crippen molar-refractivity contribution in [1.82, 2.24) is 4.90 Å². The van der Waals surface area contributed by atoms with E-state index >= 15 is 0 Å². The van der Waals surface area contributed by atoms with Crippen molar-refractivity contribution >= 4 is 27.5 Å². The lowest BCUT2D eigenvalue weighted by atomic mass is 9.96. The van der Waals surface area contributed by atoms with Gasteiger partial charge in [-0.2, -0.15) is 0 Å². The summed E-state index contributed by atoms with van der Waals surface area (Å²) in [5.74, 6) is -0.107. The number of sulfonamides is 1. The molecule has 0 radical (unpaired) electrons. The van der Waals surface area contributed by atoms with Gasteiger partial charge in [0.15, 0.2) is 6.10 Å². The molecule has 1 unspecified atom stereocenters. The highest BCUT2D eigenvalue weighted by atomic mass is 32.2. The summed E-state index contributed by atoms with van der Waals surface area (Å²) in [4.78, 5) is 25.7. The van der Waals surface area contributed by atoms with Crippen molar-refractivity contribution in [3.05, 3.63) is 24.3 Å². The Bertz CT molecular complexity index is 771. The molecule has 8 nitrogen and oxygen atoms in total. The molecular weight excluding hydrogens is 370 g/mol. The summed E-state index contributed by atoms with van der Waals surface area (Å²) in [5, 5.41) is 0. The maximum absolute atomic E-state index is 12.7. The topological polar surface area (TPSA) is 110 Å². The Kier molecular flexibility index (Phi) is 6.69. The molecule has 0 saturated carbocycles. The summed E-state index contributed by atoms with van der Waals surface area (Å²) in [6, 6.07) is 6.55. The second-order valence-electron chi connectivity index (χ2n) is 6.74. The number of likely N-dealkylation sites (tertiary alicyclic amines) is 1. The van der Waals surface area contributed by atoms with Gasteiger partial charge in [0, 0.05) is 26.1 Å². The molecule has 1 atom stereocenters. The predicted octanol–water partition coefficient (Wildman–Crippen LogP) is 0.964. The van der Waals surface area contributed by atoms with Gasteiger partial charge in [-0.3, -0.25) is 13.9 Å². The molecule has 150 valence electrons. The van der Waals surface area contributed by atoms with Crippen LogP contribution >= 0.6 is 0 Å². The first-order chi connectivity index (χ1) is 12.6. The molecule has 0 spiro atoms. The second kappa shape index (κ2) is 8.60. The summed E-state index contributed by atoms with van der Waals surface area (Å²) >= 11 is 0. The van der Waals surface area contributed by atoms with E-state index in [1.165, 1.54) is 11.4 Å². The molecule has 0 aliphatic carbocycles. The summed E-state index contributed by atoms with van der Waals surface area (Å²) in [6.45, 7) is 2.85. The van der Waals surface area contributed by atoms with Crippen molar-refractivity contribution in [2.75, 3.05) is 30.7 Å². The van der Waals surface area contributed by atoms with E-state index in [0.717, 1.165) is 6.26 Å². The molecule has 9 heteroatoms. The summed E-state index contributed by atoms with van der Waals surface area (Å²) in [7, 11) is -1.86. The van der Waals surface area contributed by atoms with Crippen molar-refractivity contribution in [2.45, 2.75) is 32.3 Å². The molecular formula is C18H27N3O5S. The number of carbonyl (C=O) groups is 2. The van der Waals surface area contributed by atoms with Crippen molar-refractivity contribution in [3.8, 4) is 5.75 Å². The lowest BCUT2D eigenvalue weighted by molar-refractivity contribution is -0.141. The van der Waals surface area contributed by atoms with Crippen LogP contribution in [0.3, 0.4) is 0 Å². The average molecular weight is 397 g/mol. The minimum atomic E-state index is -3.34. The Hall–Kier alpha value is -2.29. The Morgan fingerprint density at radius 3 is 2.26 bits per heavy atom. The Balaban J connectivity index is 2.00. The highest BCUT2D eigenvalue weighted by Gasteiger charge is 2.30. The number of amides is 2. The van der Waals surface area contributed by atoms with Gasteiger partial charge < -0.3 is 15.4 Å². The Labute approximate surface area is 160 Å². The van der Waals surface area contributed by atoms with Crippen molar-refractivity contribution < 1.29 is 22.7 Å². The van der Waals surface area contributed by atoms with Crippen LogP contribution < -0.4 is 14.8 Å². The van der Waals surface area contributed by atoms with Gasteiger partial charge in [-0.1, -0.05) is 6.92 Å². The monoisotopic (exact) mass is 397 g/mol. The number of ether oxygens (including phenoxy) is 1. The van der Waals surface area contributed by atoms with Gasteiger partial charge in [-0.15, -0.1) is 0 Å². The fourth-order valence-electron chi connectivity index (χ4n) is 2.99. The zero-order chi connectivity index (χ0) is 20.2. The molecule has 1 saturated heterocycles. The average Bonchev–Trinajstić information content (AvgIpc) is 2.64. The first-order valence-electron chi connectivity index (χ1n) is 8.92. The molecule has 1 fully saturated rings. The number of carbonyl (C=O) groups excluding carboxylic acids is 2. The molecule has 1 aliphatic heterocycles. The van der Waals surface area contributed by atoms with E-state index in [4.69, 9.17) is 10.5 Å². The molecule has 2 rings (SSSR count). The molecule has 1 aromatic rings. The molecule has 27 heavy (non-hydrogen) atoms. The molecule has 0 aromatic heterocycles. The Morgan fingerprint density at radius 1 is 1.26 bits per heavy atom. The normalized spacial score (nSPS) is 16.6. The van der Waals surface area contributed by atoms with E-state index in [0.29, 0.717) is 43.8 Å². The van der Waals surface area contributed by atoms with E-state index in [2.05, 4.69) is 0 Å². The number of piperidine rings is 1. The van der Waals surface area contributed by atoms with Crippen LogP contribution in [0.4, 0.5) is 5.69 Å². The SMILES string of the molecule is CCC(Oc1ccc(N(C)S(C)(=O)=O)cc1)C(=O)N1CCC(C(N)=O)CC1. The lowest BCUT2D eigenvalue weighted by Crippen LogP contribution is -2.47. The number of rotatable bonds is 7. The third-order valence-corrected chi connectivity index (χ3v) is 6.04. The number of anilines is 1. The number of nitrogens with zero attached hydrogens (tertiary/aromatic N) is 2. The van der Waals surface area contributed by atoms with E-state index in [-0.39, 0.29) is 17.7 Å². The zero-order valence-electron chi connectivity index (χ0n) is 15.9. The molecule has 0 bridgehead atoms. The van der Waals surface area contributed by atoms with Crippen LogP contribution in [0.2, 0.25) is 0 Å². The number of hydrogen-bond donors (Lipinski definition) is 1. The maximum atomic E-state index is 12.7. The zero-order valence-corrected chi connectivity index (χ0v) is 16.7. The van der Waals surface area contributed by atoms with Gasteiger partial charge in [0.05, 0.1) is 11.9 Å². The lowest BCUT2D eigenvalue weighted by Gasteiger charge is -2.33. The van der Waals surface area contributed by atoms with E-state index < -0.39 is 16.1 Å². The number of primary amides is 1. The Morgan fingerprint density at radius 2 is 1.81 bits per heavy atom. The van der Waals surface area contributed by atoms with Crippen LogP contribution in [-0.4, -0.2) is 57.6 Å². The maximum Gasteiger partial charge on any atom is 0.263 e. The minimum Gasteiger partial charge on any atom is -0.481 e. The van der Waals surface area contributed by atoms with Gasteiger partial charge in [0.1, 0.15) is 5.75 Å². The fourth-order valence-corrected chi connectivity index (χ4v) is 3.49. The summed E-state index contributed by atoms with van der Waals surface area (Å²) < 4.78 is 30.2. The van der Waals surface area contributed by atoms with Gasteiger partial charge >= 0.3 is 0 Å². The number of nitrogens with two attached hydrogens (primary N) is 1. The predicted molar refractivity (Wildman–Crippen MR) is 103 cm³/mol. The van der Waals surface area contributed by atoms with Crippen LogP contribution in [0, 0.1) is 5.92 Å². The first-order valence-corrected chi connectivity index (χ1v) is 10.8. The highest BCUT2D eigenvalue weighted by molar-refractivity contribution is 7.92.